The highest BCUT2D eigenvalue weighted by Crippen LogP contribution is 2.24. The zero-order chi connectivity index (χ0) is 15.1. The number of hydrogen-bond acceptors (Lipinski definition) is 2. The predicted octanol–water partition coefficient (Wildman–Crippen LogP) is 4.14. The van der Waals surface area contributed by atoms with Crippen LogP contribution in [-0.4, -0.2) is 22.7 Å². The van der Waals surface area contributed by atoms with E-state index >= 15 is 0 Å². The maximum atomic E-state index is 10.8. The van der Waals surface area contributed by atoms with Gasteiger partial charge < -0.3 is 14.8 Å². The van der Waals surface area contributed by atoms with Crippen molar-refractivity contribution in [3.63, 3.8) is 0 Å². The largest absolute Gasteiger partial charge is 0.494 e. The first kappa shape index (κ1) is 15.4. The van der Waals surface area contributed by atoms with Gasteiger partial charge in [0.2, 0.25) is 0 Å². The second kappa shape index (κ2) is 7.72. The Balaban J connectivity index is 1.93. The SMILES string of the molecule is CCCCCCCOc1ccc2[nH]cc(CC(=O)O)c2c1. The van der Waals surface area contributed by atoms with Gasteiger partial charge in [-0.05, 0) is 30.2 Å². The maximum Gasteiger partial charge on any atom is 0.307 e. The number of aliphatic carboxylic acids is 1. The summed E-state index contributed by atoms with van der Waals surface area (Å²) in [7, 11) is 0. The summed E-state index contributed by atoms with van der Waals surface area (Å²) in [6.07, 6.45) is 7.84. The van der Waals surface area contributed by atoms with E-state index in [1.54, 1.807) is 6.20 Å². The maximum absolute atomic E-state index is 10.8. The lowest BCUT2D eigenvalue weighted by molar-refractivity contribution is -0.136. The quantitative estimate of drug-likeness (QED) is 0.682. The van der Waals surface area contributed by atoms with Crippen LogP contribution in [0.25, 0.3) is 10.9 Å². The summed E-state index contributed by atoms with van der Waals surface area (Å²) in [5.74, 6) is -0.0117. The van der Waals surface area contributed by atoms with Gasteiger partial charge in [0, 0.05) is 17.1 Å². The smallest absolute Gasteiger partial charge is 0.307 e. The number of nitrogens with one attached hydrogen (secondary N) is 1. The Labute approximate surface area is 125 Å². The zero-order valence-corrected chi connectivity index (χ0v) is 12.5. The summed E-state index contributed by atoms with van der Waals surface area (Å²) < 4.78 is 5.76. The van der Waals surface area contributed by atoms with Crippen molar-refractivity contribution >= 4 is 16.9 Å². The van der Waals surface area contributed by atoms with Crippen LogP contribution < -0.4 is 4.74 Å². The van der Waals surface area contributed by atoms with E-state index in [-0.39, 0.29) is 6.42 Å². The number of rotatable bonds is 9. The number of ether oxygens (including phenoxy) is 1. The van der Waals surface area contributed by atoms with E-state index in [0.29, 0.717) is 6.61 Å². The van der Waals surface area contributed by atoms with Gasteiger partial charge in [-0.1, -0.05) is 32.6 Å². The Morgan fingerprint density at radius 2 is 2.05 bits per heavy atom. The van der Waals surface area contributed by atoms with Crippen LogP contribution in [0.2, 0.25) is 0 Å². The van der Waals surface area contributed by atoms with Crippen LogP contribution in [-0.2, 0) is 11.2 Å². The summed E-state index contributed by atoms with van der Waals surface area (Å²) in [4.78, 5) is 13.9. The van der Waals surface area contributed by atoms with Crippen molar-refractivity contribution in [2.24, 2.45) is 0 Å². The van der Waals surface area contributed by atoms with E-state index in [4.69, 9.17) is 9.84 Å². The van der Waals surface area contributed by atoms with Crippen LogP contribution in [0.3, 0.4) is 0 Å². The standard InChI is InChI=1S/C17H23NO3/c1-2-3-4-5-6-9-21-14-7-8-16-15(11-14)13(12-18-16)10-17(19)20/h7-8,11-12,18H,2-6,9-10H2,1H3,(H,19,20). The number of carboxylic acids is 1. The van der Waals surface area contributed by atoms with Gasteiger partial charge in [-0.25, -0.2) is 0 Å². The third-order valence-electron chi connectivity index (χ3n) is 3.60. The molecule has 0 aliphatic carbocycles. The van der Waals surface area contributed by atoms with Crippen LogP contribution >= 0.6 is 0 Å². The lowest BCUT2D eigenvalue weighted by atomic mass is 10.1. The molecule has 0 aliphatic rings. The second-order valence-corrected chi connectivity index (χ2v) is 5.35. The Kier molecular flexibility index (Phi) is 5.67. The van der Waals surface area contributed by atoms with E-state index in [1.807, 2.05) is 18.2 Å². The molecule has 0 bridgehead atoms. The molecular formula is C17H23NO3. The fraction of sp³-hybridized carbons (Fsp3) is 0.471. The van der Waals surface area contributed by atoms with Crippen molar-refractivity contribution in [2.75, 3.05) is 6.61 Å². The summed E-state index contributed by atoms with van der Waals surface area (Å²) in [6, 6.07) is 5.79. The van der Waals surface area contributed by atoms with E-state index in [2.05, 4.69) is 11.9 Å². The lowest BCUT2D eigenvalue weighted by Gasteiger charge is -2.06. The molecule has 0 atom stereocenters. The van der Waals surface area contributed by atoms with Gasteiger partial charge in [0.15, 0.2) is 0 Å². The molecule has 4 heteroatoms. The molecular weight excluding hydrogens is 266 g/mol. The number of hydrogen-bond donors (Lipinski definition) is 2. The van der Waals surface area contributed by atoms with Gasteiger partial charge in [-0.15, -0.1) is 0 Å². The monoisotopic (exact) mass is 289 g/mol. The first-order chi connectivity index (χ1) is 10.2. The summed E-state index contributed by atoms with van der Waals surface area (Å²) >= 11 is 0. The molecule has 21 heavy (non-hydrogen) atoms. The van der Waals surface area contributed by atoms with Crippen LogP contribution in [0.1, 0.15) is 44.6 Å². The van der Waals surface area contributed by atoms with Gasteiger partial charge in [0.05, 0.1) is 13.0 Å². The predicted molar refractivity (Wildman–Crippen MR) is 83.9 cm³/mol. The van der Waals surface area contributed by atoms with E-state index in [1.165, 1.54) is 25.7 Å². The van der Waals surface area contributed by atoms with Gasteiger partial charge >= 0.3 is 5.97 Å². The molecule has 4 nitrogen and oxygen atoms in total. The first-order valence-electron chi connectivity index (χ1n) is 7.65. The highest BCUT2D eigenvalue weighted by atomic mass is 16.5. The second-order valence-electron chi connectivity index (χ2n) is 5.35. The van der Waals surface area contributed by atoms with Crippen LogP contribution in [0, 0.1) is 0 Å². The Morgan fingerprint density at radius 3 is 2.81 bits per heavy atom. The normalized spacial score (nSPS) is 10.9. The Morgan fingerprint density at radius 1 is 1.24 bits per heavy atom. The number of carbonyl (C=O) groups is 1. The van der Waals surface area contributed by atoms with Crippen LogP contribution in [0.5, 0.6) is 5.75 Å². The highest BCUT2D eigenvalue weighted by Gasteiger charge is 2.08. The zero-order valence-electron chi connectivity index (χ0n) is 12.5. The Hall–Kier alpha value is -1.97. The first-order valence-corrected chi connectivity index (χ1v) is 7.65. The minimum atomic E-state index is -0.821. The molecule has 0 unspecified atom stereocenters. The Bertz CT molecular complexity index is 589. The number of fused-ring (bicyclic) bond motifs is 1. The molecule has 1 heterocycles. The van der Waals surface area contributed by atoms with Gasteiger partial charge in [0.25, 0.3) is 0 Å². The highest BCUT2D eigenvalue weighted by molar-refractivity contribution is 5.87. The number of carboxylic acid groups (broad SMARTS) is 1. The molecule has 114 valence electrons. The van der Waals surface area contributed by atoms with Crippen molar-refractivity contribution < 1.29 is 14.6 Å². The minimum Gasteiger partial charge on any atom is -0.494 e. The fourth-order valence-electron chi connectivity index (χ4n) is 2.45. The molecule has 0 saturated carbocycles. The molecule has 0 amide bonds. The van der Waals surface area contributed by atoms with E-state index in [0.717, 1.165) is 28.6 Å². The molecule has 0 radical (unpaired) electrons. The van der Waals surface area contributed by atoms with E-state index < -0.39 is 5.97 Å². The molecule has 1 aromatic carbocycles. The molecule has 0 aliphatic heterocycles. The number of aromatic nitrogens is 1. The van der Waals surface area contributed by atoms with Gasteiger partial charge in [0.1, 0.15) is 5.75 Å². The molecule has 1 aromatic heterocycles. The minimum absolute atomic E-state index is 0.0282. The average molecular weight is 289 g/mol. The van der Waals surface area contributed by atoms with Gasteiger partial charge in [-0.3, -0.25) is 4.79 Å². The molecule has 2 aromatic rings. The van der Waals surface area contributed by atoms with Crippen LogP contribution in [0.15, 0.2) is 24.4 Å². The average Bonchev–Trinajstić information content (AvgIpc) is 2.85. The third kappa shape index (κ3) is 4.52. The number of benzene rings is 1. The number of H-pyrrole nitrogens is 1. The summed E-state index contributed by atoms with van der Waals surface area (Å²) in [5, 5.41) is 9.84. The molecule has 0 saturated heterocycles. The molecule has 2 N–H and O–H groups in total. The number of aromatic amines is 1. The van der Waals surface area contributed by atoms with Gasteiger partial charge in [-0.2, -0.15) is 0 Å². The molecule has 0 fully saturated rings. The van der Waals surface area contributed by atoms with Crippen molar-refractivity contribution in [3.8, 4) is 5.75 Å². The fourth-order valence-corrected chi connectivity index (χ4v) is 2.45. The topological polar surface area (TPSA) is 62.3 Å². The lowest BCUT2D eigenvalue weighted by Crippen LogP contribution is -1.99. The summed E-state index contributed by atoms with van der Waals surface area (Å²) in [6.45, 7) is 2.92. The summed E-state index contributed by atoms with van der Waals surface area (Å²) in [5.41, 5.74) is 1.74. The van der Waals surface area contributed by atoms with Crippen LogP contribution in [0.4, 0.5) is 0 Å². The van der Waals surface area contributed by atoms with Crippen molar-refractivity contribution in [1.82, 2.24) is 4.98 Å². The molecule has 0 spiro atoms. The van der Waals surface area contributed by atoms with Crippen molar-refractivity contribution in [2.45, 2.75) is 45.4 Å². The van der Waals surface area contributed by atoms with E-state index in [9.17, 15) is 4.79 Å². The van der Waals surface area contributed by atoms with Crippen molar-refractivity contribution in [3.05, 3.63) is 30.0 Å². The number of unbranched alkanes of at least 4 members (excludes halogenated alkanes) is 4. The van der Waals surface area contributed by atoms with Crippen molar-refractivity contribution in [1.29, 1.82) is 0 Å². The molecule has 2 rings (SSSR count). The third-order valence-corrected chi connectivity index (χ3v) is 3.60.